The van der Waals surface area contributed by atoms with E-state index in [4.69, 9.17) is 9.72 Å². The standard InChI is InChI=1S/C25H32N6O3S/c1-4-13-35(32,33)31-22-14-18(3)23(15-17(22)2)34-24-20(8-6-11-27-24)21-9-12-28-25(30-21)29-19-7-5-10-26-16-19/h6,8-9,11-12,14-15,19,26,31H,4-5,7,10,13,16H2,1-3H3,(H,28,29,30)/t19-/m0/s1. The Morgan fingerprint density at radius 3 is 2.77 bits per heavy atom. The third-order valence-corrected chi connectivity index (χ3v) is 7.28. The number of hydrogen-bond donors (Lipinski definition) is 3. The molecule has 0 saturated carbocycles. The minimum absolute atomic E-state index is 0.0775. The van der Waals surface area contributed by atoms with Crippen LogP contribution in [0.5, 0.6) is 11.6 Å². The van der Waals surface area contributed by atoms with Gasteiger partial charge in [0.1, 0.15) is 5.75 Å². The highest BCUT2D eigenvalue weighted by Crippen LogP contribution is 2.34. The number of rotatable bonds is 9. The number of aromatic nitrogens is 3. The van der Waals surface area contributed by atoms with Crippen molar-refractivity contribution in [1.82, 2.24) is 20.3 Å². The molecule has 0 spiro atoms. The predicted molar refractivity (Wildman–Crippen MR) is 138 cm³/mol. The number of benzene rings is 1. The van der Waals surface area contributed by atoms with Gasteiger partial charge in [-0.1, -0.05) is 6.92 Å². The van der Waals surface area contributed by atoms with Gasteiger partial charge in [0.2, 0.25) is 21.9 Å². The van der Waals surface area contributed by atoms with E-state index in [1.807, 2.05) is 45.0 Å². The lowest BCUT2D eigenvalue weighted by Crippen LogP contribution is -2.38. The van der Waals surface area contributed by atoms with E-state index in [0.717, 1.165) is 42.6 Å². The molecule has 10 heteroatoms. The first-order valence-electron chi connectivity index (χ1n) is 11.9. The second-order valence-corrected chi connectivity index (χ2v) is 10.6. The van der Waals surface area contributed by atoms with E-state index in [1.165, 1.54) is 0 Å². The molecule has 1 aliphatic rings. The summed E-state index contributed by atoms with van der Waals surface area (Å²) in [5, 5.41) is 6.79. The second-order valence-electron chi connectivity index (χ2n) is 8.76. The summed E-state index contributed by atoms with van der Waals surface area (Å²) in [5.41, 5.74) is 3.54. The summed E-state index contributed by atoms with van der Waals surface area (Å²) in [7, 11) is -3.38. The minimum Gasteiger partial charge on any atom is -0.438 e. The van der Waals surface area contributed by atoms with Gasteiger partial charge in [-0.25, -0.2) is 23.4 Å². The van der Waals surface area contributed by atoms with Crippen molar-refractivity contribution in [2.24, 2.45) is 0 Å². The average Bonchev–Trinajstić information content (AvgIpc) is 2.83. The largest absolute Gasteiger partial charge is 0.438 e. The number of aryl methyl sites for hydroxylation is 2. The molecule has 1 atom stereocenters. The molecule has 35 heavy (non-hydrogen) atoms. The molecule has 4 rings (SSSR count). The first-order valence-corrected chi connectivity index (χ1v) is 13.5. The molecule has 1 saturated heterocycles. The van der Waals surface area contributed by atoms with Gasteiger partial charge in [-0.2, -0.15) is 0 Å². The number of pyridine rings is 1. The quantitative estimate of drug-likeness (QED) is 0.402. The number of piperidine rings is 1. The van der Waals surface area contributed by atoms with Gasteiger partial charge in [0.05, 0.1) is 22.7 Å². The van der Waals surface area contributed by atoms with E-state index in [1.54, 1.807) is 18.5 Å². The molecule has 0 bridgehead atoms. The molecule has 186 valence electrons. The molecular formula is C25H32N6O3S. The lowest BCUT2D eigenvalue weighted by molar-refractivity contribution is 0.461. The van der Waals surface area contributed by atoms with Crippen LogP contribution in [0.1, 0.15) is 37.3 Å². The smallest absolute Gasteiger partial charge is 0.232 e. The lowest BCUT2D eigenvalue weighted by Gasteiger charge is -2.23. The lowest BCUT2D eigenvalue weighted by atomic mass is 10.1. The maximum atomic E-state index is 12.2. The number of anilines is 2. The number of ether oxygens (including phenoxy) is 1. The first-order chi connectivity index (χ1) is 16.8. The summed E-state index contributed by atoms with van der Waals surface area (Å²) in [6.45, 7) is 7.48. The molecule has 1 aliphatic heterocycles. The Morgan fingerprint density at radius 1 is 1.14 bits per heavy atom. The van der Waals surface area contributed by atoms with Crippen LogP contribution in [-0.4, -0.2) is 48.3 Å². The van der Waals surface area contributed by atoms with Crippen LogP contribution in [0.25, 0.3) is 11.3 Å². The highest BCUT2D eigenvalue weighted by Gasteiger charge is 2.17. The molecule has 1 aromatic carbocycles. The molecule has 9 nitrogen and oxygen atoms in total. The molecule has 0 radical (unpaired) electrons. The van der Waals surface area contributed by atoms with Gasteiger partial charge < -0.3 is 15.4 Å². The van der Waals surface area contributed by atoms with Crippen molar-refractivity contribution in [1.29, 1.82) is 0 Å². The summed E-state index contributed by atoms with van der Waals surface area (Å²) < 4.78 is 33.3. The van der Waals surface area contributed by atoms with Gasteiger partial charge in [0.15, 0.2) is 0 Å². The van der Waals surface area contributed by atoms with Gasteiger partial charge in [-0.15, -0.1) is 0 Å². The molecular weight excluding hydrogens is 464 g/mol. The summed E-state index contributed by atoms with van der Waals surface area (Å²) in [4.78, 5) is 13.5. The maximum absolute atomic E-state index is 12.2. The van der Waals surface area contributed by atoms with Crippen molar-refractivity contribution in [3.8, 4) is 22.9 Å². The van der Waals surface area contributed by atoms with E-state index in [-0.39, 0.29) is 5.75 Å². The van der Waals surface area contributed by atoms with Crippen molar-refractivity contribution in [2.45, 2.75) is 46.1 Å². The predicted octanol–water partition coefficient (Wildman–Crippen LogP) is 4.26. The number of hydrogen-bond acceptors (Lipinski definition) is 8. The molecule has 3 N–H and O–H groups in total. The van der Waals surface area contributed by atoms with E-state index < -0.39 is 10.0 Å². The van der Waals surface area contributed by atoms with Crippen LogP contribution in [0.3, 0.4) is 0 Å². The van der Waals surface area contributed by atoms with E-state index in [2.05, 4.69) is 25.3 Å². The first kappa shape index (κ1) is 24.9. The van der Waals surface area contributed by atoms with Crippen LogP contribution in [0.15, 0.2) is 42.7 Å². The third kappa shape index (κ3) is 6.46. The van der Waals surface area contributed by atoms with Gasteiger partial charge in [0.25, 0.3) is 0 Å². The zero-order valence-electron chi connectivity index (χ0n) is 20.3. The average molecular weight is 497 g/mol. The van der Waals surface area contributed by atoms with E-state index in [0.29, 0.717) is 41.4 Å². The fourth-order valence-electron chi connectivity index (χ4n) is 4.00. The Kier molecular flexibility index (Phi) is 7.82. The Bertz CT molecular complexity index is 1280. The molecule has 3 heterocycles. The van der Waals surface area contributed by atoms with Crippen LogP contribution in [0, 0.1) is 13.8 Å². The monoisotopic (exact) mass is 496 g/mol. The van der Waals surface area contributed by atoms with Crippen molar-refractivity contribution >= 4 is 21.7 Å². The van der Waals surface area contributed by atoms with E-state index in [9.17, 15) is 8.42 Å². The summed E-state index contributed by atoms with van der Waals surface area (Å²) in [5.74, 6) is 1.66. The van der Waals surface area contributed by atoms with Crippen LogP contribution in [-0.2, 0) is 10.0 Å². The SMILES string of the molecule is CCCS(=O)(=O)Nc1cc(C)c(Oc2ncccc2-c2ccnc(N[C@H]3CCCNC3)n2)cc1C. The van der Waals surface area contributed by atoms with Crippen LogP contribution in [0.2, 0.25) is 0 Å². The highest BCUT2D eigenvalue weighted by molar-refractivity contribution is 7.92. The summed E-state index contributed by atoms with van der Waals surface area (Å²) in [6.07, 6.45) is 6.14. The van der Waals surface area contributed by atoms with Gasteiger partial charge in [0, 0.05) is 25.0 Å². The number of sulfonamides is 1. The van der Waals surface area contributed by atoms with Gasteiger partial charge >= 0.3 is 0 Å². The Labute approximate surface area is 206 Å². The second kappa shape index (κ2) is 11.0. The fraction of sp³-hybridized carbons (Fsp3) is 0.400. The van der Waals surface area contributed by atoms with Crippen LogP contribution in [0.4, 0.5) is 11.6 Å². The highest BCUT2D eigenvalue weighted by atomic mass is 32.2. The Hall–Kier alpha value is -3.24. The number of nitrogens with one attached hydrogen (secondary N) is 3. The fourth-order valence-corrected chi connectivity index (χ4v) is 5.20. The molecule has 0 aliphatic carbocycles. The van der Waals surface area contributed by atoms with Gasteiger partial charge in [-0.05, 0) is 81.1 Å². The zero-order valence-corrected chi connectivity index (χ0v) is 21.2. The maximum Gasteiger partial charge on any atom is 0.232 e. The van der Waals surface area contributed by atoms with Crippen molar-refractivity contribution in [3.05, 3.63) is 53.9 Å². The van der Waals surface area contributed by atoms with Crippen molar-refractivity contribution in [3.63, 3.8) is 0 Å². The summed E-state index contributed by atoms with van der Waals surface area (Å²) >= 11 is 0. The number of nitrogens with zero attached hydrogens (tertiary/aromatic N) is 3. The minimum atomic E-state index is -3.38. The topological polar surface area (TPSA) is 118 Å². The molecule has 0 unspecified atom stereocenters. The molecule has 1 fully saturated rings. The van der Waals surface area contributed by atoms with Crippen LogP contribution < -0.4 is 20.1 Å². The van der Waals surface area contributed by atoms with E-state index >= 15 is 0 Å². The zero-order chi connectivity index (χ0) is 24.8. The van der Waals surface area contributed by atoms with Crippen LogP contribution >= 0.6 is 0 Å². The Morgan fingerprint density at radius 2 is 2.00 bits per heavy atom. The third-order valence-electron chi connectivity index (χ3n) is 5.80. The summed E-state index contributed by atoms with van der Waals surface area (Å²) in [6, 6.07) is 9.48. The molecule has 3 aromatic rings. The van der Waals surface area contributed by atoms with Crippen molar-refractivity contribution in [2.75, 3.05) is 28.9 Å². The van der Waals surface area contributed by atoms with Crippen molar-refractivity contribution < 1.29 is 13.2 Å². The normalized spacial score (nSPS) is 16.0. The Balaban J connectivity index is 1.57. The van der Waals surface area contributed by atoms with Gasteiger partial charge in [-0.3, -0.25) is 4.72 Å². The molecule has 0 amide bonds. The molecule has 2 aromatic heterocycles.